The first-order chi connectivity index (χ1) is 9.20. The lowest BCUT2D eigenvalue weighted by molar-refractivity contribution is -0.130. The molecule has 1 amide bonds. The summed E-state index contributed by atoms with van der Waals surface area (Å²) >= 11 is 3.23. The van der Waals surface area contributed by atoms with Gasteiger partial charge in [-0.15, -0.1) is 0 Å². The number of carbonyl (C=O) groups is 1. The number of hydrogen-bond donors (Lipinski definition) is 3. The molecule has 0 aliphatic rings. The minimum atomic E-state index is -1.51. The van der Waals surface area contributed by atoms with E-state index >= 15 is 0 Å². The molecule has 0 spiro atoms. The first-order valence-electron chi connectivity index (χ1n) is 5.84. The fourth-order valence-electron chi connectivity index (χ4n) is 1.73. The number of aliphatic hydroxyl groups is 1. The topological polar surface area (TPSA) is 69.6 Å². The number of phenols is 1. The highest BCUT2D eigenvalue weighted by Crippen LogP contribution is 2.36. The van der Waals surface area contributed by atoms with Gasteiger partial charge >= 0.3 is 0 Å². The number of hydrogen-bond acceptors (Lipinski definition) is 3. The number of benzene rings is 2. The predicted molar refractivity (Wildman–Crippen MR) is 78.2 cm³/mol. The van der Waals surface area contributed by atoms with E-state index in [-0.39, 0.29) is 0 Å². The number of anilines is 1. The van der Waals surface area contributed by atoms with Crippen LogP contribution in [-0.4, -0.2) is 21.7 Å². The standard InChI is InChI=1S/C14H13BrFNO3/c1-14(2,20)13(19)17-8-5-7-3-4-10(16)12(18)11(7)9(15)6-8/h3-6,18,20H,1-2H3,(H,17,19). The van der Waals surface area contributed by atoms with E-state index < -0.39 is 23.1 Å². The van der Waals surface area contributed by atoms with E-state index in [0.29, 0.717) is 20.9 Å². The third-order valence-corrected chi connectivity index (χ3v) is 3.43. The van der Waals surface area contributed by atoms with Crippen molar-refractivity contribution in [2.75, 3.05) is 5.32 Å². The van der Waals surface area contributed by atoms with Crippen molar-refractivity contribution in [1.82, 2.24) is 0 Å². The summed E-state index contributed by atoms with van der Waals surface area (Å²) in [4.78, 5) is 11.7. The second kappa shape index (κ2) is 5.03. The summed E-state index contributed by atoms with van der Waals surface area (Å²) in [5.74, 6) is -1.73. The number of carbonyl (C=O) groups excluding carboxylic acids is 1. The number of nitrogens with one attached hydrogen (secondary N) is 1. The van der Waals surface area contributed by atoms with Gasteiger partial charge in [0.15, 0.2) is 11.6 Å². The Balaban J connectivity index is 2.49. The molecule has 0 saturated carbocycles. The van der Waals surface area contributed by atoms with E-state index in [9.17, 15) is 19.4 Å². The lowest BCUT2D eigenvalue weighted by Gasteiger charge is -2.17. The number of fused-ring (bicyclic) bond motifs is 1. The van der Waals surface area contributed by atoms with Crippen LogP contribution in [0, 0.1) is 5.82 Å². The SMILES string of the molecule is CC(C)(O)C(=O)Nc1cc(Br)c2c(O)c(F)ccc2c1. The summed E-state index contributed by atoms with van der Waals surface area (Å²) in [7, 11) is 0. The molecule has 4 nitrogen and oxygen atoms in total. The molecule has 0 aliphatic heterocycles. The number of rotatable bonds is 2. The molecule has 2 rings (SSSR count). The molecule has 3 N–H and O–H groups in total. The van der Waals surface area contributed by atoms with E-state index in [0.717, 1.165) is 6.07 Å². The van der Waals surface area contributed by atoms with E-state index in [2.05, 4.69) is 21.2 Å². The molecule has 0 aromatic heterocycles. The van der Waals surface area contributed by atoms with Gasteiger partial charge in [-0.25, -0.2) is 4.39 Å². The third kappa shape index (κ3) is 2.76. The first kappa shape index (κ1) is 14.7. The Kier molecular flexibility index (Phi) is 3.71. The Morgan fingerprint density at radius 2 is 2.00 bits per heavy atom. The van der Waals surface area contributed by atoms with Crippen LogP contribution in [0.2, 0.25) is 0 Å². The molecule has 2 aromatic carbocycles. The van der Waals surface area contributed by atoms with Crippen LogP contribution in [0.25, 0.3) is 10.8 Å². The molecule has 0 atom stereocenters. The van der Waals surface area contributed by atoms with Crippen molar-refractivity contribution in [3.8, 4) is 5.75 Å². The summed E-state index contributed by atoms with van der Waals surface area (Å²) in [5.41, 5.74) is -1.07. The molecular weight excluding hydrogens is 329 g/mol. The normalized spacial score (nSPS) is 11.7. The Morgan fingerprint density at radius 1 is 1.35 bits per heavy atom. The maximum Gasteiger partial charge on any atom is 0.255 e. The van der Waals surface area contributed by atoms with Gasteiger partial charge in [-0.3, -0.25) is 4.79 Å². The van der Waals surface area contributed by atoms with Crippen LogP contribution in [0.5, 0.6) is 5.75 Å². The lowest BCUT2D eigenvalue weighted by atomic mass is 10.1. The van der Waals surface area contributed by atoms with Crippen LogP contribution in [0.3, 0.4) is 0 Å². The van der Waals surface area contributed by atoms with E-state index in [1.165, 1.54) is 26.0 Å². The van der Waals surface area contributed by atoms with Crippen LogP contribution in [0.1, 0.15) is 13.8 Å². The number of phenolic OH excluding ortho intramolecular Hbond substituents is 1. The zero-order valence-corrected chi connectivity index (χ0v) is 12.5. The Morgan fingerprint density at radius 3 is 2.60 bits per heavy atom. The zero-order valence-electron chi connectivity index (χ0n) is 10.9. The molecule has 0 saturated heterocycles. The fourth-order valence-corrected chi connectivity index (χ4v) is 2.39. The predicted octanol–water partition coefficient (Wildman–Crippen LogP) is 3.16. The van der Waals surface area contributed by atoms with E-state index in [4.69, 9.17) is 0 Å². The van der Waals surface area contributed by atoms with Gasteiger partial charge in [-0.1, -0.05) is 6.07 Å². The van der Waals surface area contributed by atoms with Crippen molar-refractivity contribution in [3.63, 3.8) is 0 Å². The summed E-state index contributed by atoms with van der Waals surface area (Å²) < 4.78 is 13.8. The van der Waals surface area contributed by atoms with Gasteiger partial charge in [-0.05, 0) is 53.4 Å². The molecule has 0 fully saturated rings. The third-order valence-electron chi connectivity index (χ3n) is 2.81. The second-order valence-corrected chi connectivity index (χ2v) is 5.82. The molecule has 6 heteroatoms. The number of aromatic hydroxyl groups is 1. The van der Waals surface area contributed by atoms with Gasteiger partial charge in [0.25, 0.3) is 5.91 Å². The largest absolute Gasteiger partial charge is 0.504 e. The summed E-state index contributed by atoms with van der Waals surface area (Å²) in [6, 6.07) is 5.76. The number of halogens is 2. The van der Waals surface area contributed by atoms with Crippen molar-refractivity contribution in [2.45, 2.75) is 19.4 Å². The molecule has 0 aliphatic carbocycles. The van der Waals surface area contributed by atoms with Gasteiger partial charge in [-0.2, -0.15) is 0 Å². The molecule has 0 unspecified atom stereocenters. The molecule has 0 heterocycles. The zero-order chi connectivity index (χ0) is 15.1. The highest BCUT2D eigenvalue weighted by Gasteiger charge is 2.24. The van der Waals surface area contributed by atoms with Crippen LogP contribution in [-0.2, 0) is 4.79 Å². The Labute approximate surface area is 123 Å². The van der Waals surface area contributed by atoms with Gasteiger partial charge in [0.2, 0.25) is 0 Å². The highest BCUT2D eigenvalue weighted by atomic mass is 79.9. The molecular formula is C14H13BrFNO3. The highest BCUT2D eigenvalue weighted by molar-refractivity contribution is 9.10. The minimum Gasteiger partial charge on any atom is -0.504 e. The summed E-state index contributed by atoms with van der Waals surface area (Å²) in [5, 5.41) is 22.7. The van der Waals surface area contributed by atoms with Crippen LogP contribution < -0.4 is 5.32 Å². The lowest BCUT2D eigenvalue weighted by Crippen LogP contribution is -2.36. The minimum absolute atomic E-state index is 0.325. The average Bonchev–Trinajstić information content (AvgIpc) is 2.32. The molecule has 0 bridgehead atoms. The molecule has 2 aromatic rings. The summed E-state index contributed by atoms with van der Waals surface area (Å²) in [6.45, 7) is 2.75. The monoisotopic (exact) mass is 341 g/mol. The number of amides is 1. The van der Waals surface area contributed by atoms with Gasteiger partial charge in [0.1, 0.15) is 5.60 Å². The van der Waals surface area contributed by atoms with E-state index in [1.807, 2.05) is 0 Å². The van der Waals surface area contributed by atoms with Crippen LogP contribution in [0.15, 0.2) is 28.7 Å². The van der Waals surface area contributed by atoms with Crippen molar-refractivity contribution < 1.29 is 19.4 Å². The van der Waals surface area contributed by atoms with Gasteiger partial charge < -0.3 is 15.5 Å². The van der Waals surface area contributed by atoms with Crippen LogP contribution >= 0.6 is 15.9 Å². The molecule has 20 heavy (non-hydrogen) atoms. The Hall–Kier alpha value is -1.66. The maximum absolute atomic E-state index is 13.3. The van der Waals surface area contributed by atoms with Crippen molar-refractivity contribution >= 4 is 38.3 Å². The second-order valence-electron chi connectivity index (χ2n) is 4.97. The van der Waals surface area contributed by atoms with Crippen molar-refractivity contribution in [3.05, 3.63) is 34.6 Å². The quantitative estimate of drug-likeness (QED) is 0.785. The smallest absolute Gasteiger partial charge is 0.255 e. The van der Waals surface area contributed by atoms with Gasteiger partial charge in [0.05, 0.1) is 0 Å². The van der Waals surface area contributed by atoms with Crippen molar-refractivity contribution in [2.24, 2.45) is 0 Å². The summed E-state index contributed by atoms with van der Waals surface area (Å²) in [6.07, 6.45) is 0. The van der Waals surface area contributed by atoms with Gasteiger partial charge in [0, 0.05) is 15.5 Å². The molecule has 106 valence electrons. The molecule has 0 radical (unpaired) electrons. The average molecular weight is 342 g/mol. The fraction of sp³-hybridized carbons (Fsp3) is 0.214. The van der Waals surface area contributed by atoms with Crippen LogP contribution in [0.4, 0.5) is 10.1 Å². The Bertz CT molecular complexity index is 695. The maximum atomic E-state index is 13.3. The van der Waals surface area contributed by atoms with Crippen molar-refractivity contribution in [1.29, 1.82) is 0 Å². The first-order valence-corrected chi connectivity index (χ1v) is 6.64. The van der Waals surface area contributed by atoms with E-state index in [1.54, 1.807) is 6.07 Å².